The molecule has 4 rings (SSSR count). The molecule has 0 spiro atoms. The molecule has 2 aliphatic heterocycles. The van der Waals surface area contributed by atoms with Gasteiger partial charge in [0, 0.05) is 38.3 Å². The molecule has 0 amide bonds. The predicted octanol–water partition coefficient (Wildman–Crippen LogP) is 2.56. The third kappa shape index (κ3) is 3.20. The molecular weight excluding hydrogens is 316 g/mol. The molecule has 1 unspecified atom stereocenters. The predicted molar refractivity (Wildman–Crippen MR) is 96.4 cm³/mol. The third-order valence-electron chi connectivity index (χ3n) is 4.94. The van der Waals surface area contributed by atoms with Crippen LogP contribution in [0.15, 0.2) is 42.5 Å². The molecule has 1 N–H and O–H groups in total. The lowest BCUT2D eigenvalue weighted by Gasteiger charge is -2.31. The Hall–Kier alpha value is -2.53. The minimum atomic E-state index is -0.240. The highest BCUT2D eigenvalue weighted by molar-refractivity contribution is 5.93. The van der Waals surface area contributed by atoms with Gasteiger partial charge >= 0.3 is 5.97 Å². The molecule has 2 aromatic rings. The number of benzene rings is 2. The first-order valence-electron chi connectivity index (χ1n) is 8.68. The number of hydrogen-bond donors (Lipinski definition) is 1. The summed E-state index contributed by atoms with van der Waals surface area (Å²) in [6, 6.07) is 13.9. The van der Waals surface area contributed by atoms with Crippen molar-refractivity contribution in [2.45, 2.75) is 12.5 Å². The van der Waals surface area contributed by atoms with Crippen LogP contribution in [-0.4, -0.2) is 39.3 Å². The van der Waals surface area contributed by atoms with Crippen LogP contribution in [0.4, 0.5) is 5.69 Å². The topological polar surface area (TPSA) is 50.8 Å². The van der Waals surface area contributed by atoms with Crippen molar-refractivity contribution >= 4 is 11.7 Å². The van der Waals surface area contributed by atoms with Crippen LogP contribution < -0.4 is 15.0 Å². The fraction of sp³-hybridized carbons (Fsp3) is 0.350. The van der Waals surface area contributed by atoms with Crippen molar-refractivity contribution in [1.82, 2.24) is 5.32 Å². The molecule has 0 bridgehead atoms. The van der Waals surface area contributed by atoms with Crippen LogP contribution in [0.25, 0.3) is 0 Å². The highest BCUT2D eigenvalue weighted by Crippen LogP contribution is 2.33. The zero-order chi connectivity index (χ0) is 17.2. The number of ether oxygens (including phenoxy) is 2. The van der Waals surface area contributed by atoms with E-state index in [0.29, 0.717) is 12.0 Å². The van der Waals surface area contributed by atoms with Crippen LogP contribution >= 0.6 is 0 Å². The first kappa shape index (κ1) is 16.0. The molecule has 2 heterocycles. The summed E-state index contributed by atoms with van der Waals surface area (Å²) in [5.41, 5.74) is 3.84. The van der Waals surface area contributed by atoms with Crippen LogP contribution in [0.5, 0.6) is 5.75 Å². The molecule has 1 atom stereocenters. The number of hydrogen-bond acceptors (Lipinski definition) is 5. The fourth-order valence-corrected chi connectivity index (χ4v) is 3.49. The van der Waals surface area contributed by atoms with Gasteiger partial charge in [0.25, 0.3) is 0 Å². The molecule has 25 heavy (non-hydrogen) atoms. The van der Waals surface area contributed by atoms with E-state index in [-0.39, 0.29) is 12.1 Å². The van der Waals surface area contributed by atoms with Crippen LogP contribution in [0.3, 0.4) is 0 Å². The molecule has 5 heteroatoms. The van der Waals surface area contributed by atoms with E-state index in [9.17, 15) is 4.79 Å². The minimum Gasteiger partial charge on any atom is -0.497 e. The van der Waals surface area contributed by atoms with E-state index in [1.165, 1.54) is 0 Å². The van der Waals surface area contributed by atoms with Crippen molar-refractivity contribution < 1.29 is 14.3 Å². The maximum Gasteiger partial charge on any atom is 0.339 e. The van der Waals surface area contributed by atoms with Gasteiger partial charge in [0.05, 0.1) is 12.7 Å². The van der Waals surface area contributed by atoms with Crippen molar-refractivity contribution in [3.05, 3.63) is 59.2 Å². The minimum absolute atomic E-state index is 0.237. The number of nitrogens with zero attached hydrogens (tertiary/aromatic N) is 1. The zero-order valence-electron chi connectivity index (χ0n) is 14.3. The summed E-state index contributed by atoms with van der Waals surface area (Å²) in [5.74, 6) is 0.561. The highest BCUT2D eigenvalue weighted by atomic mass is 16.5. The second-order valence-corrected chi connectivity index (χ2v) is 6.45. The van der Waals surface area contributed by atoms with E-state index >= 15 is 0 Å². The summed E-state index contributed by atoms with van der Waals surface area (Å²) in [6.07, 6.45) is 0.464. The lowest BCUT2D eigenvalue weighted by Crippen LogP contribution is -2.43. The van der Waals surface area contributed by atoms with E-state index in [1.54, 1.807) is 7.11 Å². The molecular formula is C20H22N2O3. The Morgan fingerprint density at radius 1 is 1.12 bits per heavy atom. The zero-order valence-corrected chi connectivity index (χ0v) is 14.3. The molecule has 130 valence electrons. The average molecular weight is 338 g/mol. The number of methoxy groups -OCH3 is 1. The van der Waals surface area contributed by atoms with Gasteiger partial charge < -0.3 is 19.7 Å². The van der Waals surface area contributed by atoms with E-state index in [1.807, 2.05) is 30.3 Å². The normalized spacial score (nSPS) is 20.0. The number of carbonyl (C=O) groups excluding carboxylic acids is 1. The Labute approximate surface area is 147 Å². The van der Waals surface area contributed by atoms with Crippen molar-refractivity contribution in [1.29, 1.82) is 0 Å². The van der Waals surface area contributed by atoms with Crippen LogP contribution in [0, 0.1) is 0 Å². The first-order valence-corrected chi connectivity index (χ1v) is 8.68. The number of fused-ring (bicyclic) bond motifs is 1. The van der Waals surface area contributed by atoms with Gasteiger partial charge in [0.2, 0.25) is 0 Å². The highest BCUT2D eigenvalue weighted by Gasteiger charge is 2.28. The Bertz CT molecular complexity index is 767. The van der Waals surface area contributed by atoms with Gasteiger partial charge in [-0.2, -0.15) is 0 Å². The summed E-state index contributed by atoms with van der Waals surface area (Å²) in [6.45, 7) is 3.87. The Morgan fingerprint density at radius 3 is 2.60 bits per heavy atom. The molecule has 2 aliphatic rings. The van der Waals surface area contributed by atoms with Crippen molar-refractivity contribution in [2.75, 3.05) is 38.2 Å². The molecule has 5 nitrogen and oxygen atoms in total. The number of rotatable bonds is 3. The molecule has 1 fully saturated rings. The molecule has 0 saturated carbocycles. The molecule has 0 aliphatic carbocycles. The van der Waals surface area contributed by atoms with Crippen LogP contribution in [0.1, 0.15) is 27.6 Å². The van der Waals surface area contributed by atoms with Crippen molar-refractivity contribution in [3.8, 4) is 5.75 Å². The Morgan fingerprint density at radius 2 is 1.88 bits per heavy atom. The molecule has 2 aromatic carbocycles. The largest absolute Gasteiger partial charge is 0.497 e. The smallest absolute Gasteiger partial charge is 0.339 e. The number of cyclic esters (lactones) is 1. The number of nitrogens with one attached hydrogen (secondary N) is 1. The summed E-state index contributed by atoms with van der Waals surface area (Å²) in [5, 5.41) is 3.35. The SMILES string of the molecule is COc1ccc(C2Cc3ccc(N4CCNCC4)cc3C(=O)O2)cc1. The summed E-state index contributed by atoms with van der Waals surface area (Å²) in [7, 11) is 1.64. The van der Waals surface area contributed by atoms with Gasteiger partial charge in [-0.25, -0.2) is 4.79 Å². The van der Waals surface area contributed by atoms with Gasteiger partial charge in [0.15, 0.2) is 0 Å². The third-order valence-corrected chi connectivity index (χ3v) is 4.94. The average Bonchev–Trinajstić information content (AvgIpc) is 2.68. The van der Waals surface area contributed by atoms with Crippen molar-refractivity contribution in [3.63, 3.8) is 0 Å². The second kappa shape index (κ2) is 6.76. The van der Waals surface area contributed by atoms with Gasteiger partial charge in [-0.3, -0.25) is 0 Å². The van der Waals surface area contributed by atoms with Gasteiger partial charge in [-0.15, -0.1) is 0 Å². The lowest BCUT2D eigenvalue weighted by atomic mass is 9.94. The quantitative estimate of drug-likeness (QED) is 0.872. The van der Waals surface area contributed by atoms with E-state index in [2.05, 4.69) is 22.3 Å². The number of esters is 1. The lowest BCUT2D eigenvalue weighted by molar-refractivity contribution is 0.0253. The number of anilines is 1. The first-order chi connectivity index (χ1) is 12.2. The number of carbonyl (C=O) groups is 1. The molecule has 0 aromatic heterocycles. The second-order valence-electron chi connectivity index (χ2n) is 6.45. The number of piperazine rings is 1. The Balaban J connectivity index is 1.57. The van der Waals surface area contributed by atoms with Crippen LogP contribution in [0.2, 0.25) is 0 Å². The van der Waals surface area contributed by atoms with Gasteiger partial charge in [-0.1, -0.05) is 18.2 Å². The molecule has 1 saturated heterocycles. The standard InChI is InChI=1S/C20H22N2O3/c1-24-17-6-3-14(4-7-17)19-12-15-2-5-16(13-18(15)20(23)25-19)22-10-8-21-9-11-22/h2-7,13,19,21H,8-12H2,1H3. The fourth-order valence-electron chi connectivity index (χ4n) is 3.49. The monoisotopic (exact) mass is 338 g/mol. The summed E-state index contributed by atoms with van der Waals surface area (Å²) in [4.78, 5) is 14.9. The maximum absolute atomic E-state index is 12.5. The van der Waals surface area contributed by atoms with Gasteiger partial charge in [0.1, 0.15) is 11.9 Å². The maximum atomic E-state index is 12.5. The Kier molecular flexibility index (Phi) is 4.32. The summed E-state index contributed by atoms with van der Waals surface area (Å²) < 4.78 is 10.9. The van der Waals surface area contributed by atoms with E-state index in [0.717, 1.165) is 48.7 Å². The van der Waals surface area contributed by atoms with Crippen molar-refractivity contribution in [2.24, 2.45) is 0 Å². The summed E-state index contributed by atoms with van der Waals surface area (Å²) >= 11 is 0. The van der Waals surface area contributed by atoms with E-state index < -0.39 is 0 Å². The van der Waals surface area contributed by atoms with E-state index in [4.69, 9.17) is 9.47 Å². The van der Waals surface area contributed by atoms with Gasteiger partial charge in [-0.05, 0) is 35.4 Å². The molecule has 0 radical (unpaired) electrons. The van der Waals surface area contributed by atoms with Crippen LogP contribution in [-0.2, 0) is 11.2 Å².